The predicted molar refractivity (Wildman–Crippen MR) is 88.1 cm³/mol. The Morgan fingerprint density at radius 1 is 1.35 bits per heavy atom. The second-order valence-electron chi connectivity index (χ2n) is 5.25. The highest BCUT2D eigenvalue weighted by atomic mass is 32.1. The van der Waals surface area contributed by atoms with Crippen LogP contribution in [-0.2, 0) is 6.42 Å². The lowest BCUT2D eigenvalue weighted by Gasteiger charge is -2.18. The topological polar surface area (TPSA) is 52.6 Å². The molecule has 0 fully saturated rings. The summed E-state index contributed by atoms with van der Waals surface area (Å²) in [5, 5.41) is 7.33. The summed E-state index contributed by atoms with van der Waals surface area (Å²) in [6.07, 6.45) is -0.870. The van der Waals surface area contributed by atoms with Gasteiger partial charge in [0.2, 0.25) is 0 Å². The van der Waals surface area contributed by atoms with E-state index in [1.807, 2.05) is 13.1 Å². The molecule has 1 heterocycles. The summed E-state index contributed by atoms with van der Waals surface area (Å²) in [6, 6.07) is 0. The normalized spacial score (nSPS) is 12.7. The molecule has 0 aliphatic rings. The van der Waals surface area contributed by atoms with E-state index in [1.54, 1.807) is 18.4 Å². The van der Waals surface area contributed by atoms with Gasteiger partial charge >= 0.3 is 6.18 Å². The lowest BCUT2D eigenvalue weighted by molar-refractivity contribution is -0.143. The van der Waals surface area contributed by atoms with Crippen molar-refractivity contribution in [1.29, 1.82) is 0 Å². The van der Waals surface area contributed by atoms with Crippen LogP contribution in [0, 0.1) is 6.92 Å². The van der Waals surface area contributed by atoms with E-state index < -0.39 is 12.7 Å². The van der Waals surface area contributed by atoms with Gasteiger partial charge in [-0.1, -0.05) is 0 Å². The van der Waals surface area contributed by atoms with Gasteiger partial charge in [0.05, 0.1) is 11.6 Å². The van der Waals surface area contributed by atoms with Crippen LogP contribution in [0.2, 0.25) is 0 Å². The summed E-state index contributed by atoms with van der Waals surface area (Å²) in [7, 11) is 3.13. The highest BCUT2D eigenvalue weighted by Gasteiger charge is 2.28. The number of aromatic nitrogens is 1. The minimum atomic E-state index is -4.14. The molecule has 0 aliphatic heterocycles. The van der Waals surface area contributed by atoms with Crippen LogP contribution in [0.5, 0.6) is 0 Å². The number of guanidine groups is 1. The molecule has 0 saturated carbocycles. The third kappa shape index (κ3) is 9.39. The van der Waals surface area contributed by atoms with E-state index in [1.165, 1.54) is 16.8 Å². The van der Waals surface area contributed by atoms with Crippen LogP contribution in [0.3, 0.4) is 0 Å². The van der Waals surface area contributed by atoms with E-state index in [2.05, 4.69) is 20.6 Å². The molecule has 1 rings (SSSR count). The van der Waals surface area contributed by atoms with Crippen molar-refractivity contribution in [2.75, 3.05) is 40.3 Å². The highest BCUT2D eigenvalue weighted by Crippen LogP contribution is 2.15. The number of rotatable bonds is 8. The average Bonchev–Trinajstić information content (AvgIpc) is 2.85. The smallest absolute Gasteiger partial charge is 0.356 e. The van der Waals surface area contributed by atoms with Crippen molar-refractivity contribution < 1.29 is 13.2 Å². The van der Waals surface area contributed by atoms with Crippen LogP contribution in [-0.4, -0.2) is 62.3 Å². The van der Waals surface area contributed by atoms with Gasteiger partial charge in [0.1, 0.15) is 0 Å². The molecule has 0 aliphatic carbocycles. The Bertz CT molecular complexity index is 487. The summed E-state index contributed by atoms with van der Waals surface area (Å²) in [4.78, 5) is 10.8. The Balaban J connectivity index is 2.14. The maximum atomic E-state index is 12.2. The zero-order valence-corrected chi connectivity index (χ0v) is 14.5. The number of nitrogens with one attached hydrogen (secondary N) is 2. The van der Waals surface area contributed by atoms with Gasteiger partial charge in [-0.15, -0.1) is 11.3 Å². The molecule has 0 amide bonds. The quantitative estimate of drug-likeness (QED) is 0.428. The maximum Gasteiger partial charge on any atom is 0.401 e. The van der Waals surface area contributed by atoms with Gasteiger partial charge in [-0.2, -0.15) is 13.2 Å². The van der Waals surface area contributed by atoms with E-state index in [0.29, 0.717) is 32.0 Å². The monoisotopic (exact) mass is 351 g/mol. The fourth-order valence-corrected chi connectivity index (χ4v) is 2.75. The molecule has 0 atom stereocenters. The summed E-state index contributed by atoms with van der Waals surface area (Å²) in [5.41, 5.74) is 0. The molecule has 1 aromatic rings. The van der Waals surface area contributed by atoms with E-state index in [-0.39, 0.29) is 0 Å². The van der Waals surface area contributed by atoms with Crippen molar-refractivity contribution >= 4 is 17.3 Å². The Morgan fingerprint density at radius 3 is 2.61 bits per heavy atom. The molecule has 0 spiro atoms. The SMILES string of the molecule is CN=C(NCCCN(C)CC(F)(F)F)NCCc1ncc(C)s1. The minimum absolute atomic E-state index is 0.377. The largest absolute Gasteiger partial charge is 0.401 e. The third-order valence-electron chi connectivity index (χ3n) is 2.98. The number of nitrogens with zero attached hydrogens (tertiary/aromatic N) is 3. The van der Waals surface area contributed by atoms with Crippen LogP contribution in [0.25, 0.3) is 0 Å². The second kappa shape index (κ2) is 9.71. The van der Waals surface area contributed by atoms with Crippen molar-refractivity contribution in [2.24, 2.45) is 4.99 Å². The molecule has 0 unspecified atom stereocenters. The molecule has 0 bridgehead atoms. The van der Waals surface area contributed by atoms with Crippen LogP contribution >= 0.6 is 11.3 Å². The van der Waals surface area contributed by atoms with Gasteiger partial charge in [-0.25, -0.2) is 4.98 Å². The first-order valence-electron chi connectivity index (χ1n) is 7.41. The predicted octanol–water partition coefficient (Wildman–Crippen LogP) is 2.04. The number of hydrogen-bond acceptors (Lipinski definition) is 4. The van der Waals surface area contributed by atoms with Crippen LogP contribution in [0.1, 0.15) is 16.3 Å². The molecular weight excluding hydrogens is 327 g/mol. The molecule has 9 heteroatoms. The molecule has 0 radical (unpaired) electrons. The van der Waals surface area contributed by atoms with Crippen LogP contribution < -0.4 is 10.6 Å². The van der Waals surface area contributed by atoms with Crippen molar-refractivity contribution in [3.8, 4) is 0 Å². The van der Waals surface area contributed by atoms with Crippen molar-refractivity contribution in [3.05, 3.63) is 16.1 Å². The standard InChI is InChI=1S/C14H24F3N5S/c1-11-9-21-12(23-11)5-7-20-13(18-2)19-6-4-8-22(3)10-14(15,16)17/h9H,4-8,10H2,1-3H3,(H2,18,19,20). The summed E-state index contributed by atoms with van der Waals surface area (Å²) in [6.45, 7) is 2.79. The molecule has 23 heavy (non-hydrogen) atoms. The van der Waals surface area contributed by atoms with E-state index in [0.717, 1.165) is 11.4 Å². The average molecular weight is 351 g/mol. The Labute approximate surface area is 139 Å². The van der Waals surface area contributed by atoms with Crippen molar-refractivity contribution in [3.63, 3.8) is 0 Å². The molecule has 1 aromatic heterocycles. The van der Waals surface area contributed by atoms with E-state index >= 15 is 0 Å². The highest BCUT2D eigenvalue weighted by molar-refractivity contribution is 7.11. The Morgan fingerprint density at radius 2 is 2.04 bits per heavy atom. The number of hydrogen-bond donors (Lipinski definition) is 2. The summed E-state index contributed by atoms with van der Waals surface area (Å²) in [5.74, 6) is 0.650. The first-order chi connectivity index (χ1) is 10.8. The zero-order chi connectivity index (χ0) is 17.3. The van der Waals surface area contributed by atoms with E-state index in [9.17, 15) is 13.2 Å². The number of aryl methyl sites for hydroxylation is 1. The first-order valence-corrected chi connectivity index (χ1v) is 8.23. The number of thiazole rings is 1. The fourth-order valence-electron chi connectivity index (χ4n) is 1.97. The molecule has 2 N–H and O–H groups in total. The minimum Gasteiger partial charge on any atom is -0.356 e. The van der Waals surface area contributed by atoms with Gasteiger partial charge in [0, 0.05) is 37.6 Å². The van der Waals surface area contributed by atoms with Gasteiger partial charge in [-0.3, -0.25) is 9.89 Å². The second-order valence-corrected chi connectivity index (χ2v) is 6.57. The number of aliphatic imine (C=N–C) groups is 1. The van der Waals surface area contributed by atoms with Gasteiger partial charge < -0.3 is 10.6 Å². The van der Waals surface area contributed by atoms with Gasteiger partial charge in [-0.05, 0) is 26.9 Å². The fraction of sp³-hybridized carbons (Fsp3) is 0.714. The summed E-state index contributed by atoms with van der Waals surface area (Å²) < 4.78 is 36.6. The molecule has 0 saturated heterocycles. The Kier molecular flexibility index (Phi) is 8.32. The summed E-state index contributed by atoms with van der Waals surface area (Å²) >= 11 is 1.67. The maximum absolute atomic E-state index is 12.2. The first kappa shape index (κ1) is 19.7. The number of alkyl halides is 3. The zero-order valence-electron chi connectivity index (χ0n) is 13.7. The van der Waals surface area contributed by atoms with Crippen molar-refractivity contribution in [2.45, 2.75) is 25.9 Å². The Hall–Kier alpha value is -1.35. The third-order valence-corrected chi connectivity index (χ3v) is 3.95. The van der Waals surface area contributed by atoms with Crippen LogP contribution in [0.15, 0.2) is 11.2 Å². The molecule has 5 nitrogen and oxygen atoms in total. The van der Waals surface area contributed by atoms with E-state index in [4.69, 9.17) is 0 Å². The lowest BCUT2D eigenvalue weighted by Crippen LogP contribution is -2.40. The number of halogens is 3. The van der Waals surface area contributed by atoms with Crippen LogP contribution in [0.4, 0.5) is 13.2 Å². The van der Waals surface area contributed by atoms with Gasteiger partial charge in [0.25, 0.3) is 0 Å². The van der Waals surface area contributed by atoms with Gasteiger partial charge in [0.15, 0.2) is 5.96 Å². The van der Waals surface area contributed by atoms with Crippen molar-refractivity contribution in [1.82, 2.24) is 20.5 Å². The molecule has 0 aromatic carbocycles. The molecule has 132 valence electrons. The lowest BCUT2D eigenvalue weighted by atomic mass is 10.4. The molecular formula is C14H24F3N5S.